The Balaban J connectivity index is 1.56. The molecule has 3 aromatic rings. The summed E-state index contributed by atoms with van der Waals surface area (Å²) in [5.41, 5.74) is -0.855. The van der Waals surface area contributed by atoms with Crippen molar-refractivity contribution in [2.24, 2.45) is 0 Å². The molecule has 0 aromatic heterocycles. The summed E-state index contributed by atoms with van der Waals surface area (Å²) in [4.78, 5) is 58.6. The molecule has 0 spiro atoms. The Labute approximate surface area is 229 Å². The van der Waals surface area contributed by atoms with Gasteiger partial charge in [0.1, 0.15) is 12.6 Å². The molecule has 2 aliphatic heterocycles. The van der Waals surface area contributed by atoms with Crippen molar-refractivity contribution in [2.45, 2.75) is 41.4 Å². The van der Waals surface area contributed by atoms with Crippen LogP contribution in [-0.4, -0.2) is 52.4 Å². The molecule has 9 nitrogen and oxygen atoms in total. The van der Waals surface area contributed by atoms with Crippen molar-refractivity contribution in [1.82, 2.24) is 10.4 Å². The molecule has 3 aromatic carbocycles. The molecule has 2 fully saturated rings. The fraction of sp³-hybridized carbons (Fsp3) is 0.241. The summed E-state index contributed by atoms with van der Waals surface area (Å²) >= 11 is 1.21. The maximum atomic E-state index is 14.3. The van der Waals surface area contributed by atoms with Crippen molar-refractivity contribution < 1.29 is 33.5 Å². The number of nitrogens with zero attached hydrogens (tertiary/aromatic N) is 1. The van der Waals surface area contributed by atoms with E-state index in [1.54, 1.807) is 0 Å². The van der Waals surface area contributed by atoms with Crippen LogP contribution >= 0.6 is 11.8 Å². The van der Waals surface area contributed by atoms with E-state index in [4.69, 9.17) is 14.3 Å². The van der Waals surface area contributed by atoms with E-state index < -0.39 is 46.9 Å². The number of carbonyl (C=O) groups excluding carboxylic acids is 4. The van der Waals surface area contributed by atoms with Crippen LogP contribution in [0.4, 0.5) is 0 Å². The molecule has 0 saturated carbocycles. The van der Waals surface area contributed by atoms with Gasteiger partial charge in [-0.3, -0.25) is 19.2 Å². The summed E-state index contributed by atoms with van der Waals surface area (Å²) in [6.07, 6.45) is -1.03. The second-order valence-electron chi connectivity index (χ2n) is 9.08. The van der Waals surface area contributed by atoms with Crippen LogP contribution < -0.4 is 5.32 Å². The van der Waals surface area contributed by atoms with Crippen LogP contribution in [0.3, 0.4) is 0 Å². The molecule has 5 rings (SSSR count). The van der Waals surface area contributed by atoms with Gasteiger partial charge in [-0.05, 0) is 23.3 Å². The van der Waals surface area contributed by atoms with Gasteiger partial charge in [0, 0.05) is 11.8 Å². The van der Waals surface area contributed by atoms with Gasteiger partial charge in [-0.2, -0.15) is 5.06 Å². The molecule has 10 heteroatoms. The number of carbonyl (C=O) groups is 4. The van der Waals surface area contributed by atoms with Crippen molar-refractivity contribution in [2.75, 3.05) is 6.61 Å². The van der Waals surface area contributed by atoms with Crippen molar-refractivity contribution in [3.63, 3.8) is 0 Å². The molecule has 0 radical (unpaired) electrons. The second kappa shape index (κ2) is 11.3. The van der Waals surface area contributed by atoms with Gasteiger partial charge in [0.15, 0.2) is 6.10 Å². The molecular formula is C29H26N2O7S. The van der Waals surface area contributed by atoms with Crippen LogP contribution in [0.1, 0.15) is 30.6 Å². The van der Waals surface area contributed by atoms with E-state index in [2.05, 4.69) is 5.32 Å². The predicted molar refractivity (Wildman–Crippen MR) is 141 cm³/mol. The lowest BCUT2D eigenvalue weighted by Gasteiger charge is -2.37. The number of rotatable bonds is 8. The lowest BCUT2D eigenvalue weighted by molar-refractivity contribution is -0.259. The lowest BCUT2D eigenvalue weighted by atomic mass is 10.0. The molecule has 3 atom stereocenters. The number of hydrogen-bond acceptors (Lipinski definition) is 8. The maximum Gasteiger partial charge on any atom is 0.377 e. The van der Waals surface area contributed by atoms with Crippen LogP contribution in [0.2, 0.25) is 0 Å². The number of nitrogens with one attached hydrogen (secondary N) is 1. The largest absolute Gasteiger partial charge is 0.448 e. The van der Waals surface area contributed by atoms with Gasteiger partial charge in [-0.25, -0.2) is 4.79 Å². The first-order valence-corrected chi connectivity index (χ1v) is 13.2. The van der Waals surface area contributed by atoms with Gasteiger partial charge in [0.25, 0.3) is 5.91 Å². The Kier molecular flexibility index (Phi) is 7.67. The predicted octanol–water partition coefficient (Wildman–Crippen LogP) is 3.40. The minimum Gasteiger partial charge on any atom is -0.448 e. The van der Waals surface area contributed by atoms with Crippen molar-refractivity contribution >= 4 is 35.5 Å². The van der Waals surface area contributed by atoms with Crippen molar-refractivity contribution in [3.8, 4) is 0 Å². The third-order valence-corrected chi connectivity index (χ3v) is 7.66. The highest BCUT2D eigenvalue weighted by Crippen LogP contribution is 2.45. The molecule has 2 saturated heterocycles. The van der Waals surface area contributed by atoms with E-state index in [9.17, 15) is 19.2 Å². The van der Waals surface area contributed by atoms with Crippen LogP contribution in [0, 0.1) is 0 Å². The summed E-state index contributed by atoms with van der Waals surface area (Å²) in [6, 6.07) is 26.4. The fourth-order valence-corrected chi connectivity index (χ4v) is 5.86. The van der Waals surface area contributed by atoms with E-state index >= 15 is 0 Å². The fourth-order valence-electron chi connectivity index (χ4n) is 4.59. The standard InChI is InChI=1S/C29H26N2O7S/c1-19(32)30-23-18-36-31(27(23)34)29(24(17-25(33)38-29)39-22-15-9-4-10-16-22)28(35)37-26(20-11-5-2-6-12-20)21-13-7-3-8-14-21/h2-16,23-24,26H,17-18H2,1H3,(H,30,32)/t23-,24?,29?/m0/s1. The Morgan fingerprint density at radius 1 is 0.949 bits per heavy atom. The summed E-state index contributed by atoms with van der Waals surface area (Å²) in [5.74, 6) is -2.80. The van der Waals surface area contributed by atoms with E-state index in [0.29, 0.717) is 11.1 Å². The first-order chi connectivity index (χ1) is 18.9. The highest BCUT2D eigenvalue weighted by Gasteiger charge is 2.66. The van der Waals surface area contributed by atoms with Crippen molar-refractivity contribution in [1.29, 1.82) is 0 Å². The lowest BCUT2D eigenvalue weighted by Crippen LogP contribution is -2.62. The monoisotopic (exact) mass is 546 g/mol. The molecule has 2 aliphatic rings. The molecule has 1 N–H and O–H groups in total. The van der Waals surface area contributed by atoms with Gasteiger partial charge in [0.2, 0.25) is 5.91 Å². The number of benzene rings is 3. The Bertz CT molecular complexity index is 1320. The van der Waals surface area contributed by atoms with Crippen molar-refractivity contribution in [3.05, 3.63) is 102 Å². The summed E-state index contributed by atoms with van der Waals surface area (Å²) in [5, 5.41) is 2.39. The van der Waals surface area contributed by atoms with E-state index in [-0.39, 0.29) is 13.0 Å². The zero-order valence-electron chi connectivity index (χ0n) is 21.0. The summed E-state index contributed by atoms with van der Waals surface area (Å²) in [7, 11) is 0. The minimum atomic E-state index is -2.23. The topological polar surface area (TPSA) is 111 Å². The highest BCUT2D eigenvalue weighted by atomic mass is 32.2. The average Bonchev–Trinajstić information content (AvgIpc) is 3.47. The third kappa shape index (κ3) is 5.39. The number of ether oxygens (including phenoxy) is 2. The average molecular weight is 547 g/mol. The van der Waals surface area contributed by atoms with E-state index in [1.165, 1.54) is 18.7 Å². The number of esters is 2. The Morgan fingerprint density at radius 3 is 2.08 bits per heavy atom. The van der Waals surface area contributed by atoms with Gasteiger partial charge < -0.3 is 14.8 Å². The number of hydroxylamine groups is 2. The Morgan fingerprint density at radius 2 is 1.51 bits per heavy atom. The number of hydrogen-bond donors (Lipinski definition) is 1. The normalized spacial score (nSPS) is 22.6. The first kappa shape index (κ1) is 26.5. The Hall–Kier alpha value is -4.15. The molecule has 2 heterocycles. The molecule has 2 unspecified atom stereocenters. The van der Waals surface area contributed by atoms with Gasteiger partial charge in [-0.15, -0.1) is 11.8 Å². The third-order valence-electron chi connectivity index (χ3n) is 6.35. The molecule has 0 bridgehead atoms. The summed E-state index contributed by atoms with van der Waals surface area (Å²) in [6.45, 7) is 1.04. The quantitative estimate of drug-likeness (QED) is 0.428. The highest BCUT2D eigenvalue weighted by molar-refractivity contribution is 8.00. The van der Waals surface area contributed by atoms with Gasteiger partial charge in [-0.1, -0.05) is 78.9 Å². The molecule has 39 heavy (non-hydrogen) atoms. The van der Waals surface area contributed by atoms with Gasteiger partial charge in [0.05, 0.1) is 11.7 Å². The maximum absolute atomic E-state index is 14.3. The number of amides is 2. The van der Waals surface area contributed by atoms with Gasteiger partial charge >= 0.3 is 17.7 Å². The first-order valence-electron chi connectivity index (χ1n) is 12.4. The summed E-state index contributed by atoms with van der Waals surface area (Å²) < 4.78 is 11.8. The molecular weight excluding hydrogens is 520 g/mol. The minimum absolute atomic E-state index is 0.173. The van der Waals surface area contributed by atoms with E-state index in [1.807, 2.05) is 91.0 Å². The SMILES string of the molecule is CC(=O)N[C@H]1CON(C2(C(=O)OC(c3ccccc3)c3ccccc3)OC(=O)CC2Sc2ccccc2)C1=O. The van der Waals surface area contributed by atoms with Crippen LogP contribution in [-0.2, 0) is 33.5 Å². The molecule has 2 amide bonds. The molecule has 0 aliphatic carbocycles. The smallest absolute Gasteiger partial charge is 0.377 e. The second-order valence-corrected chi connectivity index (χ2v) is 10.4. The van der Waals surface area contributed by atoms with E-state index in [0.717, 1.165) is 9.96 Å². The van der Waals surface area contributed by atoms with Crippen LogP contribution in [0.5, 0.6) is 0 Å². The van der Waals surface area contributed by atoms with Crippen LogP contribution in [0.25, 0.3) is 0 Å². The zero-order chi connectivity index (χ0) is 27.4. The molecule has 200 valence electrons. The number of thioether (sulfide) groups is 1. The number of cyclic esters (lactones) is 1. The van der Waals surface area contributed by atoms with Crippen LogP contribution in [0.15, 0.2) is 95.9 Å². The zero-order valence-corrected chi connectivity index (χ0v) is 21.8.